The molecule has 5 heteroatoms. The number of nitriles is 1. The third-order valence-corrected chi connectivity index (χ3v) is 6.87. The molecule has 152 valence electrons. The van der Waals surface area contributed by atoms with Gasteiger partial charge in [-0.1, -0.05) is 54.9 Å². The van der Waals surface area contributed by atoms with E-state index in [4.69, 9.17) is 9.72 Å². The van der Waals surface area contributed by atoms with Crippen LogP contribution in [0, 0.1) is 11.3 Å². The fourth-order valence-corrected chi connectivity index (χ4v) is 5.12. The van der Waals surface area contributed by atoms with Crippen molar-refractivity contribution in [3.8, 4) is 34.2 Å². The van der Waals surface area contributed by atoms with Crippen molar-refractivity contribution in [3.05, 3.63) is 66.2 Å². The largest absolute Gasteiger partial charge is 0.497 e. The second-order valence-electron chi connectivity index (χ2n) is 7.45. The number of rotatable bonds is 5. The maximum Gasteiger partial charge on any atom is 0.118 e. The van der Waals surface area contributed by atoms with Gasteiger partial charge in [0.25, 0.3) is 0 Å². The van der Waals surface area contributed by atoms with Crippen molar-refractivity contribution in [2.75, 3.05) is 7.11 Å². The van der Waals surface area contributed by atoms with Crippen LogP contribution in [-0.4, -0.2) is 28.6 Å². The second-order valence-corrected chi connectivity index (χ2v) is 8.68. The number of nitrogens with zero attached hydrogens (tertiary/aromatic N) is 2. The molecule has 1 saturated carbocycles. The van der Waals surface area contributed by atoms with Crippen LogP contribution in [0.15, 0.2) is 65.7 Å². The Hall–Kier alpha value is -2.81. The zero-order valence-corrected chi connectivity index (χ0v) is 17.7. The number of aliphatic hydroxyl groups excluding tert-OH is 1. The first-order valence-corrected chi connectivity index (χ1v) is 11.1. The predicted molar refractivity (Wildman–Crippen MR) is 120 cm³/mol. The van der Waals surface area contributed by atoms with Crippen LogP contribution in [0.25, 0.3) is 22.4 Å². The van der Waals surface area contributed by atoms with Gasteiger partial charge in [0.2, 0.25) is 0 Å². The molecule has 2 aromatic carbocycles. The van der Waals surface area contributed by atoms with Crippen LogP contribution in [0.2, 0.25) is 0 Å². The topological polar surface area (TPSA) is 66.1 Å². The van der Waals surface area contributed by atoms with Gasteiger partial charge >= 0.3 is 0 Å². The Labute approximate surface area is 181 Å². The fourth-order valence-electron chi connectivity index (χ4n) is 3.83. The Morgan fingerprint density at radius 3 is 2.43 bits per heavy atom. The zero-order chi connectivity index (χ0) is 20.9. The van der Waals surface area contributed by atoms with Crippen LogP contribution in [0.4, 0.5) is 0 Å². The highest BCUT2D eigenvalue weighted by atomic mass is 32.2. The average Bonchev–Trinajstić information content (AvgIpc) is 2.80. The Balaban J connectivity index is 1.83. The van der Waals surface area contributed by atoms with E-state index < -0.39 is 0 Å². The third kappa shape index (κ3) is 4.35. The maximum absolute atomic E-state index is 10.5. The summed E-state index contributed by atoms with van der Waals surface area (Å²) in [5, 5.41) is 21.2. The average molecular weight is 417 g/mol. The van der Waals surface area contributed by atoms with E-state index >= 15 is 0 Å². The summed E-state index contributed by atoms with van der Waals surface area (Å²) >= 11 is 1.54. The number of methoxy groups -OCH3 is 1. The molecule has 0 radical (unpaired) electrons. The molecule has 3 aromatic rings. The van der Waals surface area contributed by atoms with E-state index in [2.05, 4.69) is 6.07 Å². The van der Waals surface area contributed by atoms with Crippen LogP contribution < -0.4 is 4.74 Å². The van der Waals surface area contributed by atoms with Crippen molar-refractivity contribution in [2.45, 2.75) is 42.1 Å². The van der Waals surface area contributed by atoms with Crippen LogP contribution in [0.3, 0.4) is 0 Å². The molecule has 2 atom stereocenters. The minimum Gasteiger partial charge on any atom is -0.497 e. The van der Waals surface area contributed by atoms with E-state index in [1.807, 2.05) is 60.7 Å². The minimum atomic E-state index is -0.359. The molecule has 0 amide bonds. The van der Waals surface area contributed by atoms with E-state index in [-0.39, 0.29) is 11.4 Å². The van der Waals surface area contributed by atoms with Crippen LogP contribution in [0.5, 0.6) is 5.75 Å². The lowest BCUT2D eigenvalue weighted by molar-refractivity contribution is 0.137. The normalized spacial score (nSPS) is 18.6. The Kier molecular flexibility index (Phi) is 6.37. The molecule has 0 spiro atoms. The van der Waals surface area contributed by atoms with E-state index in [1.54, 1.807) is 18.9 Å². The van der Waals surface area contributed by atoms with E-state index in [9.17, 15) is 10.4 Å². The smallest absolute Gasteiger partial charge is 0.118 e. The number of aromatic nitrogens is 1. The molecule has 0 saturated heterocycles. The van der Waals surface area contributed by atoms with Crippen molar-refractivity contribution >= 4 is 11.8 Å². The summed E-state index contributed by atoms with van der Waals surface area (Å²) in [5.41, 5.74) is 4.19. The summed E-state index contributed by atoms with van der Waals surface area (Å²) in [6, 6.07) is 22.1. The number of thioether (sulfide) groups is 1. The quantitative estimate of drug-likeness (QED) is 0.579. The van der Waals surface area contributed by atoms with Gasteiger partial charge < -0.3 is 9.84 Å². The number of pyridine rings is 1. The van der Waals surface area contributed by atoms with Gasteiger partial charge in [0.05, 0.1) is 24.5 Å². The van der Waals surface area contributed by atoms with Crippen molar-refractivity contribution in [1.29, 1.82) is 5.26 Å². The van der Waals surface area contributed by atoms with Gasteiger partial charge in [-0.15, -0.1) is 0 Å². The lowest BCUT2D eigenvalue weighted by Crippen LogP contribution is -2.27. The van der Waals surface area contributed by atoms with E-state index in [1.165, 1.54) is 0 Å². The summed E-state index contributed by atoms with van der Waals surface area (Å²) in [5.74, 6) is 0.788. The third-order valence-electron chi connectivity index (χ3n) is 5.50. The van der Waals surface area contributed by atoms with Gasteiger partial charge in [0.15, 0.2) is 0 Å². The van der Waals surface area contributed by atoms with Gasteiger partial charge in [-0.3, -0.25) is 0 Å². The van der Waals surface area contributed by atoms with Crippen molar-refractivity contribution in [2.24, 2.45) is 0 Å². The first kappa shape index (κ1) is 20.5. The van der Waals surface area contributed by atoms with Crippen LogP contribution >= 0.6 is 11.8 Å². The Morgan fingerprint density at radius 2 is 1.77 bits per heavy atom. The van der Waals surface area contributed by atoms with Crippen molar-refractivity contribution < 1.29 is 9.84 Å². The molecule has 1 N–H and O–H groups in total. The first-order valence-electron chi connectivity index (χ1n) is 10.2. The second kappa shape index (κ2) is 9.34. The minimum absolute atomic E-state index is 0.0630. The number of hydrogen-bond acceptors (Lipinski definition) is 5. The molecule has 1 aliphatic carbocycles. The molecule has 1 aromatic heterocycles. The van der Waals surface area contributed by atoms with Gasteiger partial charge in [-0.2, -0.15) is 5.26 Å². The lowest BCUT2D eigenvalue weighted by Gasteiger charge is -2.27. The van der Waals surface area contributed by atoms with Crippen molar-refractivity contribution in [1.82, 2.24) is 4.98 Å². The molecule has 0 unspecified atom stereocenters. The molecule has 4 rings (SSSR count). The standard InChI is InChI=1S/C25H24N2O2S/c1-29-19-13-11-18(12-14-19)22-15-20(17-7-3-2-4-8-17)21(16-26)25(27-22)30-24-10-6-5-9-23(24)28/h2-4,7-8,11-15,23-24,28H,5-6,9-10H2,1H3/t23-,24-/m1/s1. The lowest BCUT2D eigenvalue weighted by atomic mass is 9.97. The molecule has 0 aliphatic heterocycles. The maximum atomic E-state index is 10.5. The summed E-state index contributed by atoms with van der Waals surface area (Å²) in [6.45, 7) is 0. The van der Waals surface area contributed by atoms with E-state index in [0.29, 0.717) is 10.6 Å². The summed E-state index contributed by atoms with van der Waals surface area (Å²) in [7, 11) is 1.65. The number of ether oxygens (including phenoxy) is 1. The van der Waals surface area contributed by atoms with Gasteiger partial charge in [-0.25, -0.2) is 4.98 Å². The Bertz CT molecular complexity index is 1050. The SMILES string of the molecule is COc1ccc(-c2cc(-c3ccccc3)c(C#N)c(S[C@@H]3CCCC[C@H]3O)n2)cc1. The molecule has 0 bridgehead atoms. The number of hydrogen-bond donors (Lipinski definition) is 1. The van der Waals surface area contributed by atoms with Gasteiger partial charge in [0.1, 0.15) is 16.8 Å². The number of aliphatic hydroxyl groups is 1. The molecular formula is C25H24N2O2S. The molecule has 1 fully saturated rings. The molecular weight excluding hydrogens is 392 g/mol. The number of benzene rings is 2. The Morgan fingerprint density at radius 1 is 1.03 bits per heavy atom. The zero-order valence-electron chi connectivity index (χ0n) is 16.9. The predicted octanol–water partition coefficient (Wildman–Crippen LogP) is 5.69. The van der Waals surface area contributed by atoms with Gasteiger partial charge in [-0.05, 0) is 48.7 Å². The molecule has 4 nitrogen and oxygen atoms in total. The summed E-state index contributed by atoms with van der Waals surface area (Å²) in [4.78, 5) is 4.87. The highest BCUT2D eigenvalue weighted by Crippen LogP contribution is 2.39. The van der Waals surface area contributed by atoms with Crippen LogP contribution in [-0.2, 0) is 0 Å². The first-order chi connectivity index (χ1) is 14.7. The summed E-state index contributed by atoms with van der Waals surface area (Å²) in [6.07, 6.45) is 3.54. The highest BCUT2D eigenvalue weighted by Gasteiger charge is 2.27. The van der Waals surface area contributed by atoms with E-state index in [0.717, 1.165) is 53.8 Å². The van der Waals surface area contributed by atoms with Crippen LogP contribution in [0.1, 0.15) is 31.2 Å². The monoisotopic (exact) mass is 416 g/mol. The fraction of sp³-hybridized carbons (Fsp3) is 0.280. The molecule has 1 heterocycles. The van der Waals surface area contributed by atoms with Gasteiger partial charge in [0, 0.05) is 16.4 Å². The molecule has 30 heavy (non-hydrogen) atoms. The van der Waals surface area contributed by atoms with Crippen molar-refractivity contribution in [3.63, 3.8) is 0 Å². The highest BCUT2D eigenvalue weighted by molar-refractivity contribution is 8.00. The molecule has 1 aliphatic rings. The summed E-state index contributed by atoms with van der Waals surface area (Å²) < 4.78 is 5.28.